The molecule has 0 N–H and O–H groups in total. The average Bonchev–Trinajstić information content (AvgIpc) is 2.42. The van der Waals surface area contributed by atoms with Crippen molar-refractivity contribution >= 4 is 11.8 Å². The van der Waals surface area contributed by atoms with Gasteiger partial charge in [-0.25, -0.2) is 4.98 Å². The summed E-state index contributed by atoms with van der Waals surface area (Å²) in [6.45, 7) is 6.54. The van der Waals surface area contributed by atoms with Crippen LogP contribution in [0.25, 0.3) is 0 Å². The Bertz CT molecular complexity index is 289. The Kier molecular flexibility index (Phi) is 3.42. The number of hydrogen-bond acceptors (Lipinski definition) is 2. The normalized spacial score (nSPS) is 11.2. The molecule has 13 heavy (non-hydrogen) atoms. The summed E-state index contributed by atoms with van der Waals surface area (Å²) in [5, 5.41) is 1.31. The van der Waals surface area contributed by atoms with E-state index < -0.39 is 0 Å². The number of aryl methyl sites for hydroxylation is 1. The van der Waals surface area contributed by atoms with Gasteiger partial charge in [-0.15, -0.1) is 11.8 Å². The molecule has 0 aromatic carbocycles. The highest BCUT2D eigenvalue weighted by molar-refractivity contribution is 7.98. The van der Waals surface area contributed by atoms with Gasteiger partial charge in [-0.05, 0) is 12.2 Å². The van der Waals surface area contributed by atoms with E-state index in [4.69, 9.17) is 0 Å². The van der Waals surface area contributed by atoms with Crippen molar-refractivity contribution in [3.05, 3.63) is 11.5 Å². The van der Waals surface area contributed by atoms with Gasteiger partial charge in [-0.1, -0.05) is 20.8 Å². The third kappa shape index (κ3) is 1.90. The van der Waals surface area contributed by atoms with Crippen LogP contribution in [0.1, 0.15) is 38.2 Å². The van der Waals surface area contributed by atoms with Crippen molar-refractivity contribution in [3.63, 3.8) is 0 Å². The van der Waals surface area contributed by atoms with Crippen LogP contribution < -0.4 is 0 Å². The van der Waals surface area contributed by atoms with Crippen molar-refractivity contribution in [3.8, 4) is 0 Å². The zero-order valence-corrected chi connectivity index (χ0v) is 9.90. The molecule has 0 spiro atoms. The lowest BCUT2D eigenvalue weighted by molar-refractivity contribution is 0.739. The number of thioether (sulfide) groups is 1. The van der Waals surface area contributed by atoms with Crippen molar-refractivity contribution in [1.29, 1.82) is 0 Å². The molecule has 2 nitrogen and oxygen atoms in total. The Morgan fingerprint density at radius 3 is 2.38 bits per heavy atom. The Labute approximate surface area is 84.7 Å². The molecule has 74 valence electrons. The first-order valence-corrected chi connectivity index (χ1v) is 5.93. The fourth-order valence-electron chi connectivity index (χ4n) is 1.48. The van der Waals surface area contributed by atoms with Crippen LogP contribution in [0, 0.1) is 0 Å². The van der Waals surface area contributed by atoms with E-state index in [1.54, 1.807) is 11.8 Å². The molecule has 1 heterocycles. The smallest absolute Gasteiger partial charge is 0.109 e. The molecule has 0 amide bonds. The van der Waals surface area contributed by atoms with Crippen LogP contribution in [0.4, 0.5) is 0 Å². The van der Waals surface area contributed by atoms with Crippen LogP contribution in [0.2, 0.25) is 0 Å². The van der Waals surface area contributed by atoms with E-state index in [2.05, 4.69) is 43.6 Å². The molecule has 1 rings (SSSR count). The average molecular weight is 198 g/mol. The van der Waals surface area contributed by atoms with E-state index in [0.717, 1.165) is 6.42 Å². The summed E-state index contributed by atoms with van der Waals surface area (Å²) in [4.78, 5) is 4.64. The monoisotopic (exact) mass is 198 g/mol. The second kappa shape index (κ2) is 4.18. The number of aromatic nitrogens is 2. The second-order valence-corrected chi connectivity index (χ2v) is 4.28. The molecule has 0 saturated heterocycles. The maximum Gasteiger partial charge on any atom is 0.109 e. The van der Waals surface area contributed by atoms with E-state index in [1.807, 2.05) is 0 Å². The predicted molar refractivity (Wildman–Crippen MR) is 58.5 cm³/mol. The zero-order chi connectivity index (χ0) is 10.0. The topological polar surface area (TPSA) is 17.8 Å². The van der Waals surface area contributed by atoms with Gasteiger partial charge in [0.25, 0.3) is 0 Å². The van der Waals surface area contributed by atoms with Crippen LogP contribution in [0.5, 0.6) is 0 Å². The minimum absolute atomic E-state index is 0.522. The molecule has 0 fully saturated rings. The number of nitrogens with zero attached hydrogens (tertiary/aromatic N) is 2. The molecule has 0 bridgehead atoms. The quantitative estimate of drug-likeness (QED) is 0.695. The fourth-order valence-corrected chi connectivity index (χ4v) is 2.35. The summed E-state index contributed by atoms with van der Waals surface area (Å²) >= 11 is 1.79. The predicted octanol–water partition coefficient (Wildman–Crippen LogP) is 2.83. The van der Waals surface area contributed by atoms with E-state index >= 15 is 0 Å². The van der Waals surface area contributed by atoms with Gasteiger partial charge in [-0.3, -0.25) is 0 Å². The maximum atomic E-state index is 4.64. The van der Waals surface area contributed by atoms with Gasteiger partial charge >= 0.3 is 0 Å². The van der Waals surface area contributed by atoms with Crippen molar-refractivity contribution < 1.29 is 0 Å². The Morgan fingerprint density at radius 2 is 2.08 bits per heavy atom. The summed E-state index contributed by atoms with van der Waals surface area (Å²) in [7, 11) is 2.10. The van der Waals surface area contributed by atoms with E-state index in [0.29, 0.717) is 5.92 Å². The number of hydrogen-bond donors (Lipinski definition) is 0. The maximum absolute atomic E-state index is 4.64. The highest BCUT2D eigenvalue weighted by Gasteiger charge is 2.14. The van der Waals surface area contributed by atoms with Gasteiger partial charge in [0.1, 0.15) is 5.82 Å². The molecule has 0 radical (unpaired) electrons. The first-order chi connectivity index (χ1) is 6.11. The molecule has 1 aromatic rings. The lowest BCUT2D eigenvalue weighted by Crippen LogP contribution is -1.96. The number of imidazole rings is 1. The highest BCUT2D eigenvalue weighted by Crippen LogP contribution is 2.26. The molecular weight excluding hydrogens is 180 g/mol. The standard InChI is InChI=1S/C10H18N2S/c1-6-8-11-9(7(2)3)10(13-5)12(8)4/h7H,6H2,1-5H3. The summed E-state index contributed by atoms with van der Waals surface area (Å²) in [6, 6.07) is 0. The van der Waals surface area contributed by atoms with Crippen LogP contribution in [0.3, 0.4) is 0 Å². The molecule has 0 aliphatic rings. The zero-order valence-electron chi connectivity index (χ0n) is 9.09. The van der Waals surface area contributed by atoms with E-state index in [9.17, 15) is 0 Å². The summed E-state index contributed by atoms with van der Waals surface area (Å²) in [5.74, 6) is 1.71. The molecule has 0 unspecified atom stereocenters. The van der Waals surface area contributed by atoms with Crippen LogP contribution in [-0.2, 0) is 13.5 Å². The highest BCUT2D eigenvalue weighted by atomic mass is 32.2. The molecule has 3 heteroatoms. The molecule has 0 aliphatic carbocycles. The van der Waals surface area contributed by atoms with Crippen molar-refractivity contribution in [2.24, 2.45) is 7.05 Å². The van der Waals surface area contributed by atoms with Gasteiger partial charge in [0.15, 0.2) is 0 Å². The van der Waals surface area contributed by atoms with Gasteiger partial charge in [0, 0.05) is 13.5 Å². The van der Waals surface area contributed by atoms with Gasteiger partial charge in [-0.2, -0.15) is 0 Å². The second-order valence-electron chi connectivity index (χ2n) is 3.49. The third-order valence-corrected chi connectivity index (χ3v) is 3.09. The summed E-state index contributed by atoms with van der Waals surface area (Å²) < 4.78 is 2.21. The SMILES string of the molecule is CCc1nc(C(C)C)c(SC)n1C. The molecule has 0 saturated carbocycles. The molecule has 0 aliphatic heterocycles. The van der Waals surface area contributed by atoms with Crippen molar-refractivity contribution in [1.82, 2.24) is 9.55 Å². The van der Waals surface area contributed by atoms with E-state index in [-0.39, 0.29) is 0 Å². The lowest BCUT2D eigenvalue weighted by Gasteiger charge is -2.04. The van der Waals surface area contributed by atoms with Gasteiger partial charge in [0.05, 0.1) is 10.7 Å². The fraction of sp³-hybridized carbons (Fsp3) is 0.700. The van der Waals surface area contributed by atoms with Crippen molar-refractivity contribution in [2.75, 3.05) is 6.26 Å². The largest absolute Gasteiger partial charge is 0.326 e. The van der Waals surface area contributed by atoms with Crippen LogP contribution >= 0.6 is 11.8 Å². The minimum atomic E-state index is 0.522. The molecular formula is C10H18N2S. The summed E-state index contributed by atoms with van der Waals surface area (Å²) in [6.07, 6.45) is 3.12. The van der Waals surface area contributed by atoms with Gasteiger partial charge in [0.2, 0.25) is 0 Å². The molecule has 1 aromatic heterocycles. The van der Waals surface area contributed by atoms with Gasteiger partial charge < -0.3 is 4.57 Å². The third-order valence-electron chi connectivity index (χ3n) is 2.22. The van der Waals surface area contributed by atoms with Crippen LogP contribution in [0.15, 0.2) is 5.03 Å². The van der Waals surface area contributed by atoms with Crippen molar-refractivity contribution in [2.45, 2.75) is 38.1 Å². The Hall–Kier alpha value is -0.440. The van der Waals surface area contributed by atoms with E-state index in [1.165, 1.54) is 16.5 Å². The molecule has 0 atom stereocenters. The number of rotatable bonds is 3. The Balaban J connectivity index is 3.19. The van der Waals surface area contributed by atoms with Crippen LogP contribution in [-0.4, -0.2) is 15.8 Å². The lowest BCUT2D eigenvalue weighted by atomic mass is 10.2. The minimum Gasteiger partial charge on any atom is -0.326 e. The first-order valence-electron chi connectivity index (χ1n) is 4.71. The summed E-state index contributed by atoms with van der Waals surface area (Å²) in [5.41, 5.74) is 1.24. The first kappa shape index (κ1) is 10.6. The Morgan fingerprint density at radius 1 is 1.46 bits per heavy atom.